The lowest BCUT2D eigenvalue weighted by molar-refractivity contribution is 0.0709. The Kier molecular flexibility index (Phi) is 4.91. The molecule has 0 bridgehead atoms. The largest absolute Gasteiger partial charge is 0.337 e. The van der Waals surface area contributed by atoms with Gasteiger partial charge in [0, 0.05) is 21.1 Å². The van der Waals surface area contributed by atoms with E-state index in [4.69, 9.17) is 4.52 Å². The average molecular weight is 477 g/mol. The standard InChI is InChI=1S/C19H15Br2N3O2/c20-13-9-7-12(8-10-13)17-22-18(26-23-17)16-6-3-11-24(16)19(25)14-4-1-2-5-15(14)21/h1-2,4-5,7-10,16H,3,6,11H2. The third kappa shape index (κ3) is 3.33. The van der Waals surface area contributed by atoms with Gasteiger partial charge in [-0.2, -0.15) is 4.98 Å². The molecule has 1 aliphatic heterocycles. The lowest BCUT2D eigenvalue weighted by atomic mass is 10.1. The maximum absolute atomic E-state index is 13.0. The molecule has 0 N–H and O–H groups in total. The van der Waals surface area contributed by atoms with Crippen molar-refractivity contribution in [3.8, 4) is 11.4 Å². The van der Waals surface area contributed by atoms with Crippen LogP contribution in [0.5, 0.6) is 0 Å². The monoisotopic (exact) mass is 475 g/mol. The van der Waals surface area contributed by atoms with Crippen LogP contribution in [0.2, 0.25) is 0 Å². The smallest absolute Gasteiger partial charge is 0.255 e. The van der Waals surface area contributed by atoms with Crippen molar-refractivity contribution >= 4 is 37.8 Å². The topological polar surface area (TPSA) is 59.2 Å². The minimum absolute atomic E-state index is 0.0247. The quantitative estimate of drug-likeness (QED) is 0.518. The Balaban J connectivity index is 1.60. The fourth-order valence-corrected chi connectivity index (χ4v) is 3.86. The van der Waals surface area contributed by atoms with Crippen LogP contribution in [0.15, 0.2) is 62.0 Å². The number of carbonyl (C=O) groups is 1. The molecular weight excluding hydrogens is 462 g/mol. The predicted molar refractivity (Wildman–Crippen MR) is 105 cm³/mol. The van der Waals surface area contributed by atoms with Gasteiger partial charge in [-0.3, -0.25) is 4.79 Å². The van der Waals surface area contributed by atoms with Crippen LogP contribution in [-0.4, -0.2) is 27.5 Å². The molecule has 5 nitrogen and oxygen atoms in total. The number of carbonyl (C=O) groups excluding carboxylic acids is 1. The lowest BCUT2D eigenvalue weighted by Crippen LogP contribution is -2.31. The van der Waals surface area contributed by atoms with Crippen molar-refractivity contribution in [1.29, 1.82) is 0 Å². The van der Waals surface area contributed by atoms with E-state index < -0.39 is 0 Å². The molecule has 0 aliphatic carbocycles. The van der Waals surface area contributed by atoms with Gasteiger partial charge in [-0.15, -0.1) is 0 Å². The summed E-state index contributed by atoms with van der Waals surface area (Å²) in [6, 6.07) is 15.0. The minimum atomic E-state index is -0.189. The third-order valence-corrected chi connectivity index (χ3v) is 5.67. The second kappa shape index (κ2) is 7.32. The first kappa shape index (κ1) is 17.4. The minimum Gasteiger partial charge on any atom is -0.337 e. The fourth-order valence-electron chi connectivity index (χ4n) is 3.14. The van der Waals surface area contributed by atoms with Gasteiger partial charge in [0.25, 0.3) is 5.91 Å². The Labute approximate surface area is 167 Å². The van der Waals surface area contributed by atoms with Gasteiger partial charge in [-0.25, -0.2) is 0 Å². The molecule has 1 aliphatic rings. The number of amides is 1. The van der Waals surface area contributed by atoms with Crippen molar-refractivity contribution in [3.05, 3.63) is 68.9 Å². The van der Waals surface area contributed by atoms with Crippen LogP contribution < -0.4 is 0 Å². The summed E-state index contributed by atoms with van der Waals surface area (Å²) < 4.78 is 7.28. The normalized spacial score (nSPS) is 16.8. The number of benzene rings is 2. The van der Waals surface area contributed by atoms with Crippen LogP contribution in [-0.2, 0) is 0 Å². The maximum atomic E-state index is 13.0. The fraction of sp³-hybridized carbons (Fsp3) is 0.211. The summed E-state index contributed by atoms with van der Waals surface area (Å²) in [6.07, 6.45) is 1.73. The molecular formula is C19H15Br2N3O2. The van der Waals surface area contributed by atoms with Crippen LogP contribution >= 0.6 is 31.9 Å². The van der Waals surface area contributed by atoms with E-state index in [2.05, 4.69) is 42.0 Å². The summed E-state index contributed by atoms with van der Waals surface area (Å²) in [5, 5.41) is 4.10. The Morgan fingerprint density at radius 2 is 1.88 bits per heavy atom. The highest BCUT2D eigenvalue weighted by Gasteiger charge is 2.35. The lowest BCUT2D eigenvalue weighted by Gasteiger charge is -2.22. The van der Waals surface area contributed by atoms with Gasteiger partial charge < -0.3 is 9.42 Å². The van der Waals surface area contributed by atoms with Gasteiger partial charge in [0.1, 0.15) is 6.04 Å². The molecule has 1 aromatic heterocycles. The van der Waals surface area contributed by atoms with E-state index in [0.29, 0.717) is 23.8 Å². The van der Waals surface area contributed by atoms with Crippen LogP contribution in [0.25, 0.3) is 11.4 Å². The van der Waals surface area contributed by atoms with Crippen LogP contribution in [0.4, 0.5) is 0 Å². The molecule has 2 aromatic carbocycles. The molecule has 26 heavy (non-hydrogen) atoms. The Bertz CT molecular complexity index is 940. The number of aromatic nitrogens is 2. The summed E-state index contributed by atoms with van der Waals surface area (Å²) in [4.78, 5) is 19.3. The average Bonchev–Trinajstić information content (AvgIpc) is 3.31. The zero-order chi connectivity index (χ0) is 18.1. The van der Waals surface area contributed by atoms with Crippen molar-refractivity contribution in [2.75, 3.05) is 6.54 Å². The number of halogens is 2. The molecule has 0 radical (unpaired) electrons. The van der Waals surface area contributed by atoms with Gasteiger partial charge in [-0.1, -0.05) is 33.2 Å². The van der Waals surface area contributed by atoms with Crippen LogP contribution in [0.1, 0.15) is 35.1 Å². The molecule has 1 amide bonds. The number of likely N-dealkylation sites (tertiary alicyclic amines) is 1. The maximum Gasteiger partial charge on any atom is 0.255 e. The highest BCUT2D eigenvalue weighted by molar-refractivity contribution is 9.10. The van der Waals surface area contributed by atoms with Crippen LogP contribution in [0.3, 0.4) is 0 Å². The highest BCUT2D eigenvalue weighted by Crippen LogP contribution is 2.34. The SMILES string of the molecule is O=C(c1ccccc1Br)N1CCCC1c1nc(-c2ccc(Br)cc2)no1. The molecule has 1 unspecified atom stereocenters. The number of hydrogen-bond acceptors (Lipinski definition) is 4. The van der Waals surface area contributed by atoms with Gasteiger partial charge >= 0.3 is 0 Å². The van der Waals surface area contributed by atoms with E-state index in [0.717, 1.165) is 27.4 Å². The van der Waals surface area contributed by atoms with Gasteiger partial charge in [-0.05, 0) is 65.2 Å². The molecule has 1 saturated heterocycles. The summed E-state index contributed by atoms with van der Waals surface area (Å²) >= 11 is 6.87. The van der Waals surface area contributed by atoms with E-state index in [9.17, 15) is 4.79 Å². The van der Waals surface area contributed by atoms with Crippen molar-refractivity contribution in [3.63, 3.8) is 0 Å². The van der Waals surface area contributed by atoms with E-state index in [1.54, 1.807) is 0 Å². The first-order chi connectivity index (χ1) is 12.6. The van der Waals surface area contributed by atoms with E-state index in [-0.39, 0.29) is 11.9 Å². The zero-order valence-corrected chi connectivity index (χ0v) is 16.9. The first-order valence-corrected chi connectivity index (χ1v) is 9.87. The summed E-state index contributed by atoms with van der Waals surface area (Å²) in [6.45, 7) is 0.681. The molecule has 1 atom stereocenters. The molecule has 0 saturated carbocycles. The Hall–Kier alpha value is -1.99. The molecule has 0 spiro atoms. The van der Waals surface area contributed by atoms with Crippen molar-refractivity contribution < 1.29 is 9.32 Å². The molecule has 132 valence electrons. The summed E-state index contributed by atoms with van der Waals surface area (Å²) in [5.41, 5.74) is 1.52. The van der Waals surface area contributed by atoms with Crippen molar-refractivity contribution in [2.24, 2.45) is 0 Å². The number of hydrogen-bond donors (Lipinski definition) is 0. The molecule has 1 fully saturated rings. The zero-order valence-electron chi connectivity index (χ0n) is 13.7. The Morgan fingerprint density at radius 1 is 1.12 bits per heavy atom. The summed E-state index contributed by atoms with van der Waals surface area (Å²) in [5.74, 6) is 0.997. The van der Waals surface area contributed by atoms with Crippen molar-refractivity contribution in [1.82, 2.24) is 15.0 Å². The van der Waals surface area contributed by atoms with Crippen LogP contribution in [0, 0.1) is 0 Å². The first-order valence-electron chi connectivity index (χ1n) is 8.28. The predicted octanol–water partition coefficient (Wildman–Crippen LogP) is 5.24. The van der Waals surface area contributed by atoms with Gasteiger partial charge in [0.15, 0.2) is 0 Å². The van der Waals surface area contributed by atoms with Gasteiger partial charge in [0.2, 0.25) is 11.7 Å². The Morgan fingerprint density at radius 3 is 2.65 bits per heavy atom. The molecule has 3 aromatic rings. The second-order valence-corrected chi connectivity index (χ2v) is 7.87. The number of nitrogens with zero attached hydrogens (tertiary/aromatic N) is 3. The van der Waals surface area contributed by atoms with E-state index >= 15 is 0 Å². The highest BCUT2D eigenvalue weighted by atomic mass is 79.9. The second-order valence-electron chi connectivity index (χ2n) is 6.10. The molecule has 2 heterocycles. The molecule has 4 rings (SSSR count). The van der Waals surface area contributed by atoms with E-state index in [1.807, 2.05) is 53.4 Å². The van der Waals surface area contributed by atoms with E-state index in [1.165, 1.54) is 0 Å². The van der Waals surface area contributed by atoms with Gasteiger partial charge in [0.05, 0.1) is 5.56 Å². The van der Waals surface area contributed by atoms with Crippen molar-refractivity contribution in [2.45, 2.75) is 18.9 Å². The number of rotatable bonds is 3. The molecule has 7 heteroatoms. The third-order valence-electron chi connectivity index (χ3n) is 4.45. The summed E-state index contributed by atoms with van der Waals surface area (Å²) in [7, 11) is 0.